The molecule has 28 heavy (non-hydrogen) atoms. The molecule has 0 N–H and O–H groups in total. The Balaban J connectivity index is 1.72. The van der Waals surface area contributed by atoms with Gasteiger partial charge in [-0.25, -0.2) is 9.97 Å². The van der Waals surface area contributed by atoms with Crippen LogP contribution in [-0.4, -0.2) is 48.2 Å². The van der Waals surface area contributed by atoms with E-state index in [4.69, 9.17) is 4.74 Å². The van der Waals surface area contributed by atoms with Crippen molar-refractivity contribution in [3.8, 4) is 5.75 Å². The number of nitrogens with zero attached hydrogens (tertiary/aromatic N) is 4. The van der Waals surface area contributed by atoms with Crippen LogP contribution in [0.25, 0.3) is 0 Å². The maximum absolute atomic E-state index is 12.9. The predicted octanol–water partition coefficient (Wildman–Crippen LogP) is 4.37. The van der Waals surface area contributed by atoms with E-state index in [9.17, 15) is 13.2 Å². The van der Waals surface area contributed by atoms with E-state index in [0.29, 0.717) is 13.1 Å². The zero-order valence-electron chi connectivity index (χ0n) is 15.7. The summed E-state index contributed by atoms with van der Waals surface area (Å²) in [4.78, 5) is 11.8. The fourth-order valence-electron chi connectivity index (χ4n) is 3.44. The van der Waals surface area contributed by atoms with Crippen LogP contribution in [0.1, 0.15) is 24.1 Å². The molecule has 0 radical (unpaired) electrons. The van der Waals surface area contributed by atoms with Gasteiger partial charge in [-0.15, -0.1) is 0 Å². The lowest BCUT2D eigenvalue weighted by atomic mass is 10.0. The molecule has 1 aliphatic heterocycles. The molecular formula is C19H22BrF3N4O. The topological polar surface area (TPSA) is 41.5 Å². The van der Waals surface area contributed by atoms with Crippen molar-refractivity contribution in [1.82, 2.24) is 14.9 Å². The lowest BCUT2D eigenvalue weighted by Crippen LogP contribution is -2.46. The molecule has 1 atom stereocenters. The summed E-state index contributed by atoms with van der Waals surface area (Å²) in [6, 6.07) is 6.81. The van der Waals surface area contributed by atoms with Gasteiger partial charge in [-0.1, -0.05) is 15.9 Å². The van der Waals surface area contributed by atoms with Crippen LogP contribution in [0.4, 0.5) is 19.1 Å². The van der Waals surface area contributed by atoms with Crippen molar-refractivity contribution in [2.24, 2.45) is 0 Å². The van der Waals surface area contributed by atoms with Crippen LogP contribution in [-0.2, 0) is 12.7 Å². The van der Waals surface area contributed by atoms with E-state index in [1.165, 1.54) is 0 Å². The van der Waals surface area contributed by atoms with Crippen molar-refractivity contribution in [2.75, 3.05) is 32.1 Å². The summed E-state index contributed by atoms with van der Waals surface area (Å²) >= 11 is 3.49. The quantitative estimate of drug-likeness (QED) is 0.665. The molecule has 0 bridgehead atoms. The number of benzene rings is 1. The molecule has 5 nitrogen and oxygen atoms in total. The third-order valence-corrected chi connectivity index (χ3v) is 5.41. The molecule has 0 aliphatic carbocycles. The first-order valence-corrected chi connectivity index (χ1v) is 9.75. The van der Waals surface area contributed by atoms with Gasteiger partial charge in [0.05, 0.1) is 7.11 Å². The van der Waals surface area contributed by atoms with Crippen LogP contribution in [0.15, 0.2) is 34.9 Å². The van der Waals surface area contributed by atoms with Crippen molar-refractivity contribution in [3.05, 3.63) is 46.2 Å². The average molecular weight is 459 g/mol. The number of likely N-dealkylation sites (tertiary alicyclic amines) is 1. The molecule has 1 aromatic heterocycles. The number of halogens is 4. The number of piperidine rings is 1. The first-order chi connectivity index (χ1) is 13.3. The normalized spacial score (nSPS) is 18.1. The highest BCUT2D eigenvalue weighted by Gasteiger charge is 2.34. The van der Waals surface area contributed by atoms with Crippen LogP contribution < -0.4 is 9.64 Å². The number of rotatable bonds is 5. The monoisotopic (exact) mass is 458 g/mol. The van der Waals surface area contributed by atoms with Gasteiger partial charge in [0.2, 0.25) is 5.95 Å². The highest BCUT2D eigenvalue weighted by atomic mass is 79.9. The minimum Gasteiger partial charge on any atom is -0.496 e. The number of anilines is 1. The summed E-state index contributed by atoms with van der Waals surface area (Å²) in [6.07, 6.45) is -1.49. The SMILES string of the molecule is COc1ccc(Br)cc1CN1CCCC(N(C)c2nccc(C(F)(F)F)n2)C1. The molecular weight excluding hydrogens is 437 g/mol. The van der Waals surface area contributed by atoms with Gasteiger partial charge in [0.15, 0.2) is 0 Å². The zero-order chi connectivity index (χ0) is 20.3. The maximum Gasteiger partial charge on any atom is 0.433 e. The van der Waals surface area contributed by atoms with Crippen LogP contribution in [0.2, 0.25) is 0 Å². The number of methoxy groups -OCH3 is 1. The number of hydrogen-bond donors (Lipinski definition) is 0. The van der Waals surface area contributed by atoms with E-state index in [2.05, 4.69) is 30.8 Å². The molecule has 152 valence electrons. The molecule has 1 unspecified atom stereocenters. The van der Waals surface area contributed by atoms with Crippen molar-refractivity contribution in [3.63, 3.8) is 0 Å². The average Bonchev–Trinajstić information content (AvgIpc) is 2.67. The molecule has 2 aromatic rings. The van der Waals surface area contributed by atoms with E-state index in [1.54, 1.807) is 19.1 Å². The Morgan fingerprint density at radius 2 is 2.11 bits per heavy atom. The highest BCUT2D eigenvalue weighted by Crippen LogP contribution is 2.29. The Hall–Kier alpha value is -1.87. The maximum atomic E-state index is 12.9. The lowest BCUT2D eigenvalue weighted by Gasteiger charge is -2.38. The fraction of sp³-hybridized carbons (Fsp3) is 0.474. The Labute approximate surface area is 170 Å². The second-order valence-electron chi connectivity index (χ2n) is 6.84. The zero-order valence-corrected chi connectivity index (χ0v) is 17.3. The van der Waals surface area contributed by atoms with E-state index in [1.807, 2.05) is 18.2 Å². The summed E-state index contributed by atoms with van der Waals surface area (Å²) in [5.41, 5.74) is 0.145. The van der Waals surface area contributed by atoms with Gasteiger partial charge in [0.1, 0.15) is 11.4 Å². The van der Waals surface area contributed by atoms with Crippen molar-refractivity contribution < 1.29 is 17.9 Å². The third kappa shape index (κ3) is 4.94. The second-order valence-corrected chi connectivity index (χ2v) is 7.75. The summed E-state index contributed by atoms with van der Waals surface area (Å²) < 4.78 is 45.3. The number of alkyl halides is 3. The molecule has 0 spiro atoms. The van der Waals surface area contributed by atoms with Crippen LogP contribution in [0.5, 0.6) is 5.75 Å². The van der Waals surface area contributed by atoms with Crippen molar-refractivity contribution in [1.29, 1.82) is 0 Å². The van der Waals surface area contributed by atoms with Gasteiger partial charge < -0.3 is 9.64 Å². The summed E-state index contributed by atoms with van der Waals surface area (Å²) in [5.74, 6) is 0.918. The van der Waals surface area contributed by atoms with E-state index < -0.39 is 11.9 Å². The van der Waals surface area contributed by atoms with E-state index in [-0.39, 0.29) is 12.0 Å². The van der Waals surface area contributed by atoms with Gasteiger partial charge in [-0.3, -0.25) is 4.90 Å². The Kier molecular flexibility index (Phi) is 6.44. The molecule has 0 saturated carbocycles. The third-order valence-electron chi connectivity index (χ3n) is 4.91. The largest absolute Gasteiger partial charge is 0.496 e. The first kappa shape index (κ1) is 20.9. The molecule has 3 rings (SSSR count). The van der Waals surface area contributed by atoms with E-state index >= 15 is 0 Å². The van der Waals surface area contributed by atoms with Gasteiger partial charge in [0.25, 0.3) is 0 Å². The standard InChI is InChI=1S/C19H22BrF3N4O/c1-26(18-24-8-7-17(25-18)19(21,22)23)15-4-3-9-27(12-15)11-13-10-14(20)5-6-16(13)28-2/h5-8,10,15H,3-4,9,11-12H2,1-2H3. The molecule has 1 fully saturated rings. The van der Waals surface area contributed by atoms with Crippen molar-refractivity contribution >= 4 is 21.9 Å². The van der Waals surface area contributed by atoms with E-state index in [0.717, 1.165) is 47.4 Å². The van der Waals surface area contributed by atoms with Gasteiger partial charge in [0, 0.05) is 42.4 Å². The number of ether oxygens (including phenoxy) is 1. The number of likely N-dealkylation sites (N-methyl/N-ethyl adjacent to an activating group) is 1. The number of aromatic nitrogens is 2. The summed E-state index contributed by atoms with van der Waals surface area (Å²) in [6.45, 7) is 2.34. The van der Waals surface area contributed by atoms with Gasteiger partial charge in [-0.05, 0) is 43.7 Å². The molecule has 2 heterocycles. The number of hydrogen-bond acceptors (Lipinski definition) is 5. The highest BCUT2D eigenvalue weighted by molar-refractivity contribution is 9.10. The van der Waals surface area contributed by atoms with Gasteiger partial charge >= 0.3 is 6.18 Å². The predicted molar refractivity (Wildman–Crippen MR) is 104 cm³/mol. The minimum atomic E-state index is -4.48. The smallest absolute Gasteiger partial charge is 0.433 e. The summed E-state index contributed by atoms with van der Waals surface area (Å²) in [5, 5.41) is 0. The molecule has 1 aromatic carbocycles. The lowest BCUT2D eigenvalue weighted by molar-refractivity contribution is -0.141. The van der Waals surface area contributed by atoms with Crippen LogP contribution in [0, 0.1) is 0 Å². The minimum absolute atomic E-state index is 0.0374. The fourth-order valence-corrected chi connectivity index (χ4v) is 3.85. The van der Waals surface area contributed by atoms with Crippen molar-refractivity contribution in [2.45, 2.75) is 31.6 Å². The van der Waals surface area contributed by atoms with Crippen LogP contribution in [0.3, 0.4) is 0 Å². The Bertz CT molecular complexity index is 818. The molecule has 9 heteroatoms. The molecule has 1 aliphatic rings. The molecule has 0 amide bonds. The molecule has 1 saturated heterocycles. The Morgan fingerprint density at radius 3 is 2.82 bits per heavy atom. The Morgan fingerprint density at radius 1 is 1.32 bits per heavy atom. The first-order valence-electron chi connectivity index (χ1n) is 8.96. The van der Waals surface area contributed by atoms with Crippen LogP contribution >= 0.6 is 15.9 Å². The summed E-state index contributed by atoms with van der Waals surface area (Å²) in [7, 11) is 3.40. The second kappa shape index (κ2) is 8.65. The van der Waals surface area contributed by atoms with Gasteiger partial charge in [-0.2, -0.15) is 13.2 Å².